The van der Waals surface area contributed by atoms with Gasteiger partial charge < -0.3 is 9.26 Å². The predicted molar refractivity (Wildman–Crippen MR) is 111 cm³/mol. The standard InChI is InChI=1S/C22H30N2O4S/c1-4-5-6-17-7-11-20(12-8-17)27-21-13-18-9-10-19(14-21)24(18)29(25,26)22-15(2)23-28-16(22)3/h7-8,11-12,18-19,21H,4-6,9-10,13-14H2,1-3H3/t18-,19+,21-. The van der Waals surface area contributed by atoms with Gasteiger partial charge in [0.2, 0.25) is 10.0 Å². The number of aryl methyl sites for hydroxylation is 3. The normalized spacial score (nSPS) is 24.7. The van der Waals surface area contributed by atoms with Crippen molar-refractivity contribution in [3.63, 3.8) is 0 Å². The van der Waals surface area contributed by atoms with Crippen molar-refractivity contribution < 1.29 is 17.7 Å². The molecule has 1 aromatic heterocycles. The molecule has 0 N–H and O–H groups in total. The molecule has 2 fully saturated rings. The summed E-state index contributed by atoms with van der Waals surface area (Å²) in [4.78, 5) is 0.233. The van der Waals surface area contributed by atoms with Crippen molar-refractivity contribution in [2.24, 2.45) is 0 Å². The number of fused-ring (bicyclic) bond motifs is 2. The van der Waals surface area contributed by atoms with E-state index in [2.05, 4.69) is 24.2 Å². The Labute approximate surface area is 173 Å². The van der Waals surface area contributed by atoms with Crippen LogP contribution in [0.25, 0.3) is 0 Å². The van der Waals surface area contributed by atoms with Gasteiger partial charge in [-0.25, -0.2) is 8.42 Å². The van der Waals surface area contributed by atoms with Gasteiger partial charge in [0.1, 0.15) is 22.4 Å². The van der Waals surface area contributed by atoms with Crippen molar-refractivity contribution in [1.29, 1.82) is 0 Å². The van der Waals surface area contributed by atoms with Crippen molar-refractivity contribution in [3.8, 4) is 5.75 Å². The molecule has 0 unspecified atom stereocenters. The number of nitrogens with zero attached hydrogens (tertiary/aromatic N) is 2. The molecule has 4 rings (SSSR count). The second-order valence-corrected chi connectivity index (χ2v) is 10.1. The monoisotopic (exact) mass is 418 g/mol. The molecule has 2 aliphatic heterocycles. The number of hydrogen-bond acceptors (Lipinski definition) is 5. The molecule has 2 aliphatic rings. The highest BCUT2D eigenvalue weighted by Crippen LogP contribution is 2.41. The van der Waals surface area contributed by atoms with Gasteiger partial charge >= 0.3 is 0 Å². The lowest BCUT2D eigenvalue weighted by molar-refractivity contribution is 0.0956. The molecule has 0 amide bonds. The quantitative estimate of drug-likeness (QED) is 0.666. The van der Waals surface area contributed by atoms with E-state index in [-0.39, 0.29) is 23.1 Å². The van der Waals surface area contributed by atoms with Crippen LogP contribution >= 0.6 is 0 Å². The first-order valence-electron chi connectivity index (χ1n) is 10.6. The Bertz CT molecular complexity index is 918. The first-order chi connectivity index (χ1) is 13.9. The molecule has 0 aliphatic carbocycles. The number of hydrogen-bond donors (Lipinski definition) is 0. The van der Waals surface area contributed by atoms with Gasteiger partial charge in [-0.2, -0.15) is 4.31 Å². The van der Waals surface area contributed by atoms with Gasteiger partial charge in [-0.3, -0.25) is 0 Å². The van der Waals surface area contributed by atoms with E-state index in [9.17, 15) is 8.42 Å². The molecule has 0 saturated carbocycles. The van der Waals surface area contributed by atoms with Crippen LogP contribution in [-0.4, -0.2) is 36.1 Å². The zero-order valence-electron chi connectivity index (χ0n) is 17.4. The van der Waals surface area contributed by atoms with Crippen molar-refractivity contribution in [3.05, 3.63) is 41.3 Å². The molecule has 2 aromatic rings. The topological polar surface area (TPSA) is 72.6 Å². The van der Waals surface area contributed by atoms with Gasteiger partial charge in [-0.15, -0.1) is 0 Å². The minimum atomic E-state index is -3.61. The van der Waals surface area contributed by atoms with Gasteiger partial charge in [-0.1, -0.05) is 30.6 Å². The first-order valence-corrected chi connectivity index (χ1v) is 12.1. The molecule has 3 heterocycles. The molecule has 2 bridgehead atoms. The minimum absolute atomic E-state index is 0.0266. The first kappa shape index (κ1) is 20.4. The molecule has 29 heavy (non-hydrogen) atoms. The predicted octanol–water partition coefficient (Wildman–Crippen LogP) is 4.40. The Morgan fingerprint density at radius 2 is 1.79 bits per heavy atom. The molecule has 7 heteroatoms. The Morgan fingerprint density at radius 1 is 1.14 bits per heavy atom. The second-order valence-electron chi connectivity index (χ2n) is 8.33. The molecule has 0 spiro atoms. The minimum Gasteiger partial charge on any atom is -0.490 e. The molecule has 0 radical (unpaired) electrons. The van der Waals surface area contributed by atoms with E-state index in [4.69, 9.17) is 9.26 Å². The molecular formula is C22H30N2O4S. The maximum atomic E-state index is 13.3. The fraction of sp³-hybridized carbons (Fsp3) is 0.591. The summed E-state index contributed by atoms with van der Waals surface area (Å²) >= 11 is 0. The molecule has 1 aromatic carbocycles. The molecular weight excluding hydrogens is 388 g/mol. The number of unbranched alkanes of at least 4 members (excludes halogenated alkanes) is 1. The van der Waals surface area contributed by atoms with Crippen LogP contribution in [0.3, 0.4) is 0 Å². The van der Waals surface area contributed by atoms with E-state index >= 15 is 0 Å². The maximum absolute atomic E-state index is 13.3. The van der Waals surface area contributed by atoms with Crippen LogP contribution in [0.1, 0.15) is 62.5 Å². The average molecular weight is 419 g/mol. The summed E-state index contributed by atoms with van der Waals surface area (Å²) in [6, 6.07) is 8.30. The summed E-state index contributed by atoms with van der Waals surface area (Å²) < 4.78 is 39.7. The third kappa shape index (κ3) is 3.94. The second kappa shape index (κ2) is 8.11. The maximum Gasteiger partial charge on any atom is 0.248 e. The highest BCUT2D eigenvalue weighted by Gasteiger charge is 2.49. The van der Waals surface area contributed by atoms with E-state index in [1.54, 1.807) is 18.2 Å². The highest BCUT2D eigenvalue weighted by molar-refractivity contribution is 7.89. The number of piperidine rings is 1. The summed E-state index contributed by atoms with van der Waals surface area (Å²) in [6.45, 7) is 5.55. The summed E-state index contributed by atoms with van der Waals surface area (Å²) in [5, 5.41) is 3.84. The van der Waals surface area contributed by atoms with Crippen LogP contribution in [0.15, 0.2) is 33.7 Å². The zero-order chi connectivity index (χ0) is 20.6. The third-order valence-electron chi connectivity index (χ3n) is 6.17. The van der Waals surface area contributed by atoms with Crippen LogP contribution in [-0.2, 0) is 16.4 Å². The van der Waals surface area contributed by atoms with E-state index in [1.165, 1.54) is 18.4 Å². The summed E-state index contributed by atoms with van der Waals surface area (Å²) in [5.74, 6) is 1.24. The molecule has 158 valence electrons. The Hall–Kier alpha value is -1.86. The Morgan fingerprint density at radius 3 is 2.34 bits per heavy atom. The van der Waals surface area contributed by atoms with Crippen molar-refractivity contribution >= 4 is 10.0 Å². The number of sulfonamides is 1. The zero-order valence-corrected chi connectivity index (χ0v) is 18.2. The Balaban J connectivity index is 1.45. The van der Waals surface area contributed by atoms with Crippen molar-refractivity contribution in [2.45, 2.75) is 88.8 Å². The molecule has 2 saturated heterocycles. The lowest BCUT2D eigenvalue weighted by atomic mass is 10.0. The van der Waals surface area contributed by atoms with Crippen LogP contribution in [0.4, 0.5) is 0 Å². The largest absolute Gasteiger partial charge is 0.490 e. The van der Waals surface area contributed by atoms with Crippen LogP contribution < -0.4 is 4.74 Å². The lowest BCUT2D eigenvalue weighted by Gasteiger charge is -2.37. The molecule has 3 atom stereocenters. The van der Waals surface area contributed by atoms with Gasteiger partial charge in [0.25, 0.3) is 0 Å². The number of benzene rings is 1. The van der Waals surface area contributed by atoms with E-state index in [0.29, 0.717) is 11.5 Å². The van der Waals surface area contributed by atoms with E-state index in [0.717, 1.165) is 37.9 Å². The fourth-order valence-electron chi connectivity index (χ4n) is 4.83. The highest BCUT2D eigenvalue weighted by atomic mass is 32.2. The Kier molecular flexibility index (Phi) is 5.71. The summed E-state index contributed by atoms with van der Waals surface area (Å²) in [7, 11) is -3.61. The van der Waals surface area contributed by atoms with Crippen LogP contribution in [0, 0.1) is 13.8 Å². The SMILES string of the molecule is CCCCc1ccc(O[C@@H]2C[C@H]3CC[C@@H](C2)N3S(=O)(=O)c2c(C)noc2C)cc1. The van der Waals surface area contributed by atoms with Crippen LogP contribution in [0.2, 0.25) is 0 Å². The van der Waals surface area contributed by atoms with Gasteiger partial charge in [0, 0.05) is 24.9 Å². The fourth-order valence-corrected chi connectivity index (χ4v) is 7.02. The average Bonchev–Trinajstić information content (AvgIpc) is 3.18. The van der Waals surface area contributed by atoms with Crippen molar-refractivity contribution in [2.75, 3.05) is 0 Å². The van der Waals surface area contributed by atoms with E-state index in [1.807, 2.05) is 12.1 Å². The van der Waals surface area contributed by atoms with Crippen molar-refractivity contribution in [1.82, 2.24) is 9.46 Å². The molecule has 6 nitrogen and oxygen atoms in total. The third-order valence-corrected chi connectivity index (χ3v) is 8.42. The van der Waals surface area contributed by atoms with Gasteiger partial charge in [0.15, 0.2) is 5.76 Å². The summed E-state index contributed by atoms with van der Waals surface area (Å²) in [6.07, 6.45) is 6.72. The van der Waals surface area contributed by atoms with Crippen LogP contribution in [0.5, 0.6) is 5.75 Å². The van der Waals surface area contributed by atoms with E-state index < -0.39 is 10.0 Å². The van der Waals surface area contributed by atoms with Gasteiger partial charge in [-0.05, 0) is 57.2 Å². The van der Waals surface area contributed by atoms with Gasteiger partial charge in [0.05, 0.1) is 0 Å². The summed E-state index contributed by atoms with van der Waals surface area (Å²) in [5.41, 5.74) is 1.77. The smallest absolute Gasteiger partial charge is 0.248 e. The lowest BCUT2D eigenvalue weighted by Crippen LogP contribution is -2.49. The number of aromatic nitrogens is 1. The number of ether oxygens (including phenoxy) is 1. The number of rotatable bonds is 7.